The molecule has 2 aromatic carbocycles. The maximum Gasteiger partial charge on any atom is 0.408 e. The number of hydrogen-bond donors (Lipinski definition) is 2. The normalized spacial score (nSPS) is 19.1. The van der Waals surface area contributed by atoms with Crippen LogP contribution in [-0.4, -0.2) is 61.3 Å². The summed E-state index contributed by atoms with van der Waals surface area (Å²) in [4.78, 5) is 25.7. The number of carboxylic acid groups (broad SMARTS) is 1. The molecule has 0 bridgehead atoms. The zero-order valence-electron chi connectivity index (χ0n) is 20.9. The van der Waals surface area contributed by atoms with E-state index in [1.54, 1.807) is 20.8 Å². The van der Waals surface area contributed by atoms with Crippen LogP contribution in [0.3, 0.4) is 0 Å². The Balaban J connectivity index is 2.06. The second-order valence-electron chi connectivity index (χ2n) is 10.8. The smallest absolute Gasteiger partial charge is 0.408 e. The molecule has 0 aliphatic carbocycles. The van der Waals surface area contributed by atoms with E-state index < -0.39 is 38.3 Å². The lowest BCUT2D eigenvalue weighted by molar-refractivity contribution is 0.0469. The van der Waals surface area contributed by atoms with E-state index in [1.807, 2.05) is 36.4 Å². The average Bonchev–Trinajstić information content (AvgIpc) is 3.13. The Bertz CT molecular complexity index is 946. The molecule has 2 aromatic rings. The van der Waals surface area contributed by atoms with E-state index in [1.165, 1.54) is 4.90 Å². The highest BCUT2D eigenvalue weighted by Crippen LogP contribution is 2.38. The molecule has 184 valence electrons. The van der Waals surface area contributed by atoms with Gasteiger partial charge in [0.25, 0.3) is 8.32 Å². The summed E-state index contributed by atoms with van der Waals surface area (Å²) in [7, 11) is -2.93. The van der Waals surface area contributed by atoms with Gasteiger partial charge in [0, 0.05) is 6.54 Å². The van der Waals surface area contributed by atoms with Gasteiger partial charge in [0.05, 0.1) is 18.7 Å². The molecule has 2 amide bonds. The highest BCUT2D eigenvalue weighted by atomic mass is 28.4. The highest BCUT2D eigenvalue weighted by molar-refractivity contribution is 6.99. The lowest BCUT2D eigenvalue weighted by Crippen LogP contribution is -2.69. The second-order valence-corrected chi connectivity index (χ2v) is 15.0. The third-order valence-electron chi connectivity index (χ3n) is 5.98. The molecule has 1 aliphatic rings. The molecule has 1 aliphatic heterocycles. The first-order chi connectivity index (χ1) is 15.8. The maximum absolute atomic E-state index is 12.6. The van der Waals surface area contributed by atoms with Gasteiger partial charge in [-0.2, -0.15) is 0 Å². The molecule has 2 atom stereocenters. The molecule has 7 nitrogen and oxygen atoms in total. The molecule has 3 rings (SSSR count). The number of alkyl carbamates (subject to hydrolysis) is 1. The predicted octanol–water partition coefficient (Wildman–Crippen LogP) is 3.82. The van der Waals surface area contributed by atoms with E-state index in [9.17, 15) is 14.7 Å². The van der Waals surface area contributed by atoms with Gasteiger partial charge in [-0.3, -0.25) is 0 Å². The van der Waals surface area contributed by atoms with Crippen LogP contribution in [0.15, 0.2) is 60.7 Å². The summed E-state index contributed by atoms with van der Waals surface area (Å²) in [5.74, 6) is 0. The number of rotatable bonds is 5. The van der Waals surface area contributed by atoms with Gasteiger partial charge in [0.2, 0.25) is 0 Å². The van der Waals surface area contributed by atoms with Crippen molar-refractivity contribution in [3.63, 3.8) is 0 Å². The first kappa shape index (κ1) is 25.8. The van der Waals surface area contributed by atoms with Gasteiger partial charge in [-0.15, -0.1) is 0 Å². The average molecular weight is 485 g/mol. The van der Waals surface area contributed by atoms with Crippen LogP contribution in [0.1, 0.15) is 41.5 Å². The zero-order chi connectivity index (χ0) is 25.1. The van der Waals surface area contributed by atoms with Crippen LogP contribution in [0.2, 0.25) is 5.04 Å². The molecule has 2 N–H and O–H groups in total. The molecule has 1 fully saturated rings. The van der Waals surface area contributed by atoms with Crippen LogP contribution in [0, 0.1) is 0 Å². The van der Waals surface area contributed by atoms with Gasteiger partial charge in [0.1, 0.15) is 5.60 Å². The first-order valence-electron chi connectivity index (χ1n) is 11.6. The molecule has 0 aromatic heterocycles. The van der Waals surface area contributed by atoms with Crippen molar-refractivity contribution in [1.82, 2.24) is 10.2 Å². The van der Waals surface area contributed by atoms with Crippen LogP contribution in [-0.2, 0) is 9.16 Å². The molecule has 0 radical (unpaired) electrons. The fraction of sp³-hybridized carbons (Fsp3) is 0.462. The predicted molar refractivity (Wildman–Crippen MR) is 135 cm³/mol. The number of hydrogen-bond acceptors (Lipinski definition) is 4. The third kappa shape index (κ3) is 5.62. The number of likely N-dealkylation sites (tertiary alicyclic amines) is 1. The fourth-order valence-electron chi connectivity index (χ4n) is 4.57. The number of amides is 2. The van der Waals surface area contributed by atoms with Crippen LogP contribution in [0.25, 0.3) is 0 Å². The van der Waals surface area contributed by atoms with Crippen LogP contribution in [0.4, 0.5) is 9.59 Å². The zero-order valence-corrected chi connectivity index (χ0v) is 21.9. The van der Waals surface area contributed by atoms with Crippen molar-refractivity contribution in [3.05, 3.63) is 60.7 Å². The quantitative estimate of drug-likeness (QED) is 0.630. The minimum Gasteiger partial charge on any atom is -0.465 e. The number of nitrogens with one attached hydrogen (secondary N) is 1. The Morgan fingerprint density at radius 1 is 0.912 bits per heavy atom. The fourth-order valence-corrected chi connectivity index (χ4v) is 9.27. The number of carbonyl (C=O) groups excluding carboxylic acids is 1. The molecule has 1 saturated heterocycles. The summed E-state index contributed by atoms with van der Waals surface area (Å²) >= 11 is 0. The van der Waals surface area contributed by atoms with Gasteiger partial charge < -0.3 is 24.5 Å². The Labute approximate surface area is 203 Å². The molecule has 1 heterocycles. The largest absolute Gasteiger partial charge is 0.465 e. The summed E-state index contributed by atoms with van der Waals surface area (Å²) < 4.78 is 12.6. The number of benzene rings is 2. The van der Waals surface area contributed by atoms with E-state index in [-0.39, 0.29) is 18.1 Å². The number of ether oxygens (including phenoxy) is 1. The van der Waals surface area contributed by atoms with Crippen LogP contribution in [0.5, 0.6) is 0 Å². The van der Waals surface area contributed by atoms with Crippen molar-refractivity contribution in [2.45, 2.75) is 64.3 Å². The van der Waals surface area contributed by atoms with E-state index in [0.717, 1.165) is 10.4 Å². The summed E-state index contributed by atoms with van der Waals surface area (Å²) in [6.45, 7) is 12.2. The standard InChI is InChI=1S/C26H36N2O5Si/c1-25(2,3)32-23(29)27-21-17-28(24(30)31)18-22(21)33-34(26(4,5)6,19-13-9-7-10-14-19)20-15-11-8-12-16-20/h7-16,21-22H,17-18H2,1-6H3,(H,27,29)(H,30,31). The monoisotopic (exact) mass is 484 g/mol. The van der Waals surface area contributed by atoms with Crippen molar-refractivity contribution in [2.75, 3.05) is 13.1 Å². The summed E-state index contributed by atoms with van der Waals surface area (Å²) in [5.41, 5.74) is -0.663. The first-order valence-corrected chi connectivity index (χ1v) is 13.5. The van der Waals surface area contributed by atoms with Crippen molar-refractivity contribution in [3.8, 4) is 0 Å². The van der Waals surface area contributed by atoms with Crippen LogP contribution < -0.4 is 15.7 Å². The van der Waals surface area contributed by atoms with Gasteiger partial charge in [0.15, 0.2) is 0 Å². The lowest BCUT2D eigenvalue weighted by atomic mass is 10.2. The van der Waals surface area contributed by atoms with E-state index >= 15 is 0 Å². The summed E-state index contributed by atoms with van der Waals surface area (Å²) in [5, 5.41) is 14.5. The van der Waals surface area contributed by atoms with Gasteiger partial charge in [-0.25, -0.2) is 9.59 Å². The van der Waals surface area contributed by atoms with E-state index in [4.69, 9.17) is 9.16 Å². The number of carbonyl (C=O) groups is 2. The topological polar surface area (TPSA) is 88.1 Å². The summed E-state index contributed by atoms with van der Waals surface area (Å²) in [6.07, 6.45) is -2.15. The van der Waals surface area contributed by atoms with Crippen molar-refractivity contribution < 1.29 is 23.9 Å². The van der Waals surface area contributed by atoms with Crippen LogP contribution >= 0.6 is 0 Å². The minimum absolute atomic E-state index is 0.136. The highest BCUT2D eigenvalue weighted by Gasteiger charge is 2.53. The van der Waals surface area contributed by atoms with Crippen molar-refractivity contribution in [2.24, 2.45) is 0 Å². The molecule has 0 saturated carbocycles. The molecule has 0 spiro atoms. The molecule has 2 unspecified atom stereocenters. The summed E-state index contributed by atoms with van der Waals surface area (Å²) in [6, 6.07) is 19.8. The minimum atomic E-state index is -2.93. The van der Waals surface area contributed by atoms with Gasteiger partial charge in [-0.1, -0.05) is 81.4 Å². The Kier molecular flexibility index (Phi) is 7.43. The van der Waals surface area contributed by atoms with Crippen molar-refractivity contribution >= 4 is 30.9 Å². The Hall–Kier alpha value is -2.84. The molecule has 34 heavy (non-hydrogen) atoms. The number of nitrogens with zero attached hydrogens (tertiary/aromatic N) is 1. The SMILES string of the molecule is CC(C)(C)OC(=O)NC1CN(C(=O)O)CC1O[Si](c1ccccc1)(c1ccccc1)C(C)(C)C. The van der Waals surface area contributed by atoms with Gasteiger partial charge >= 0.3 is 12.2 Å². The molecular formula is C26H36N2O5Si. The Morgan fingerprint density at radius 2 is 1.41 bits per heavy atom. The van der Waals surface area contributed by atoms with Crippen molar-refractivity contribution in [1.29, 1.82) is 0 Å². The molecular weight excluding hydrogens is 448 g/mol. The van der Waals surface area contributed by atoms with Gasteiger partial charge in [-0.05, 0) is 36.2 Å². The Morgan fingerprint density at radius 3 is 1.82 bits per heavy atom. The van der Waals surface area contributed by atoms with E-state index in [2.05, 4.69) is 50.4 Å². The second kappa shape index (κ2) is 9.80. The third-order valence-corrected chi connectivity index (χ3v) is 11.0. The molecule has 8 heteroatoms. The maximum atomic E-state index is 12.6. The lowest BCUT2D eigenvalue weighted by Gasteiger charge is -2.45. The van der Waals surface area contributed by atoms with E-state index in [0.29, 0.717) is 0 Å².